The Morgan fingerprint density at radius 1 is 1.00 bits per heavy atom. The van der Waals surface area contributed by atoms with Crippen molar-refractivity contribution in [3.05, 3.63) is 130 Å². The van der Waals surface area contributed by atoms with Crippen molar-refractivity contribution >= 4 is 27.1 Å². The molecule has 0 saturated heterocycles. The Morgan fingerprint density at radius 3 is 2.44 bits per heavy atom. The molecular formula is C36H35FN2O5S. The van der Waals surface area contributed by atoms with Crippen molar-refractivity contribution < 1.29 is 27.4 Å². The summed E-state index contributed by atoms with van der Waals surface area (Å²) in [4.78, 5) is 15.6. The van der Waals surface area contributed by atoms with Crippen molar-refractivity contribution in [2.75, 3.05) is 16.0 Å². The highest BCUT2D eigenvalue weighted by Crippen LogP contribution is 2.51. The lowest BCUT2D eigenvalue weighted by Gasteiger charge is -2.37. The summed E-state index contributed by atoms with van der Waals surface area (Å²) < 4.78 is 50.5. The summed E-state index contributed by atoms with van der Waals surface area (Å²) >= 11 is 0. The van der Waals surface area contributed by atoms with Crippen LogP contribution in [0.3, 0.4) is 0 Å². The molecule has 4 aromatic carbocycles. The van der Waals surface area contributed by atoms with E-state index in [0.717, 1.165) is 16.7 Å². The number of sulfone groups is 1. The summed E-state index contributed by atoms with van der Waals surface area (Å²) in [5.74, 6) is -1.23. The van der Waals surface area contributed by atoms with Crippen molar-refractivity contribution in [3.8, 4) is 11.5 Å². The average molecular weight is 627 g/mol. The molecule has 7 nitrogen and oxygen atoms in total. The number of aromatic hydroxyl groups is 1. The predicted octanol–water partition coefficient (Wildman–Crippen LogP) is 7.22. The van der Waals surface area contributed by atoms with E-state index in [2.05, 4.69) is 5.32 Å². The van der Waals surface area contributed by atoms with Gasteiger partial charge in [0.25, 0.3) is 0 Å². The van der Waals surface area contributed by atoms with Gasteiger partial charge in [0, 0.05) is 17.3 Å². The summed E-state index contributed by atoms with van der Waals surface area (Å²) in [6.45, 7) is 5.86. The van der Waals surface area contributed by atoms with Crippen LogP contribution >= 0.6 is 0 Å². The van der Waals surface area contributed by atoms with Gasteiger partial charge in [0.15, 0.2) is 9.84 Å². The number of fused-ring (bicyclic) bond motifs is 1. The molecule has 6 rings (SSSR count). The number of nitrogens with one attached hydrogen (secondary N) is 1. The Kier molecular flexibility index (Phi) is 7.91. The number of allylic oxidation sites excluding steroid dienone is 1. The van der Waals surface area contributed by atoms with Gasteiger partial charge in [-0.25, -0.2) is 12.8 Å². The maximum atomic E-state index is 16.3. The smallest absolute Gasteiger partial charge is 0.232 e. The van der Waals surface area contributed by atoms with Crippen LogP contribution in [0.2, 0.25) is 0 Å². The van der Waals surface area contributed by atoms with Crippen molar-refractivity contribution in [3.63, 3.8) is 0 Å². The number of para-hydroxylation sites is 1. The summed E-state index contributed by atoms with van der Waals surface area (Å²) in [6.07, 6.45) is 0.242. The maximum Gasteiger partial charge on any atom is 0.232 e. The molecule has 45 heavy (non-hydrogen) atoms. The van der Waals surface area contributed by atoms with Crippen LogP contribution in [0.15, 0.2) is 102 Å². The molecule has 2 aliphatic heterocycles. The van der Waals surface area contributed by atoms with Crippen molar-refractivity contribution in [2.45, 2.75) is 46.3 Å². The van der Waals surface area contributed by atoms with Gasteiger partial charge in [-0.2, -0.15) is 0 Å². The second-order valence-corrected chi connectivity index (χ2v) is 14.5. The Bertz CT molecular complexity index is 1900. The van der Waals surface area contributed by atoms with E-state index in [1.54, 1.807) is 18.2 Å². The van der Waals surface area contributed by atoms with E-state index >= 15 is 4.39 Å². The number of hydrogen-bond acceptors (Lipinski definition) is 6. The first-order chi connectivity index (χ1) is 21.4. The van der Waals surface area contributed by atoms with Crippen LogP contribution in [0.5, 0.6) is 11.5 Å². The lowest BCUT2D eigenvalue weighted by molar-refractivity contribution is -0.118. The number of carbonyl (C=O) groups is 1. The predicted molar refractivity (Wildman–Crippen MR) is 173 cm³/mol. The fourth-order valence-corrected chi connectivity index (χ4v) is 8.54. The summed E-state index contributed by atoms with van der Waals surface area (Å²) in [6, 6.07) is 24.6. The van der Waals surface area contributed by atoms with Gasteiger partial charge in [0.1, 0.15) is 35.7 Å². The number of phenols is 1. The fraction of sp³-hybridized carbons (Fsp3) is 0.250. The van der Waals surface area contributed by atoms with E-state index < -0.39 is 33.0 Å². The number of ether oxygens (including phenoxy) is 1. The molecule has 0 radical (unpaired) electrons. The summed E-state index contributed by atoms with van der Waals surface area (Å²) in [7, 11) is -4.02. The third-order valence-corrected chi connectivity index (χ3v) is 10.5. The van der Waals surface area contributed by atoms with Gasteiger partial charge in [-0.05, 0) is 54.2 Å². The van der Waals surface area contributed by atoms with Gasteiger partial charge in [-0.3, -0.25) is 9.69 Å². The number of benzene rings is 4. The quantitative estimate of drug-likeness (QED) is 0.220. The molecule has 0 saturated carbocycles. The van der Waals surface area contributed by atoms with Gasteiger partial charge in [-0.1, -0.05) is 80.1 Å². The van der Waals surface area contributed by atoms with Crippen LogP contribution in [-0.2, 0) is 27.7 Å². The van der Waals surface area contributed by atoms with E-state index in [-0.39, 0.29) is 52.1 Å². The molecule has 232 valence electrons. The van der Waals surface area contributed by atoms with E-state index in [1.807, 2.05) is 75.4 Å². The molecule has 1 unspecified atom stereocenters. The molecule has 0 bridgehead atoms. The SMILES string of the molecule is Cc1ccc(CC(=O)N2c3cccc(O)c3NC3=C(C2c2ccc(OCc4ccccc4)cc2F)S(=O)(=O)CC(C)(C)C3)cc1. The van der Waals surface area contributed by atoms with Crippen LogP contribution in [0.1, 0.15) is 48.6 Å². The third-order valence-electron chi connectivity index (χ3n) is 8.19. The second kappa shape index (κ2) is 11.7. The molecule has 0 aliphatic carbocycles. The number of phenolic OH excluding ortho intramolecular Hbond substituents is 1. The molecule has 1 atom stereocenters. The lowest BCUT2D eigenvalue weighted by atomic mass is 9.88. The molecule has 9 heteroatoms. The molecule has 0 spiro atoms. The van der Waals surface area contributed by atoms with Crippen LogP contribution in [0, 0.1) is 18.2 Å². The average Bonchev–Trinajstić information content (AvgIpc) is 3.12. The molecule has 0 aromatic heterocycles. The van der Waals surface area contributed by atoms with Gasteiger partial charge >= 0.3 is 0 Å². The molecule has 2 N–H and O–H groups in total. The number of rotatable bonds is 6. The third kappa shape index (κ3) is 6.17. The van der Waals surface area contributed by atoms with Crippen molar-refractivity contribution in [1.82, 2.24) is 0 Å². The number of nitrogens with zero attached hydrogens (tertiary/aromatic N) is 1. The highest BCUT2D eigenvalue weighted by atomic mass is 32.2. The van der Waals surface area contributed by atoms with Gasteiger partial charge in [-0.15, -0.1) is 0 Å². The minimum absolute atomic E-state index is 0.00749. The van der Waals surface area contributed by atoms with Crippen LogP contribution in [-0.4, -0.2) is 25.2 Å². The number of amides is 1. The Labute approximate surface area is 262 Å². The van der Waals surface area contributed by atoms with Gasteiger partial charge in [0.05, 0.1) is 22.8 Å². The molecule has 2 aliphatic rings. The lowest BCUT2D eigenvalue weighted by Crippen LogP contribution is -2.42. The monoisotopic (exact) mass is 626 g/mol. The van der Waals surface area contributed by atoms with Crippen LogP contribution in [0.25, 0.3) is 0 Å². The molecular weight excluding hydrogens is 591 g/mol. The normalized spacial score (nSPS) is 18.3. The highest BCUT2D eigenvalue weighted by Gasteiger charge is 2.47. The van der Waals surface area contributed by atoms with Crippen molar-refractivity contribution in [2.24, 2.45) is 5.41 Å². The minimum atomic E-state index is -4.02. The molecule has 2 heterocycles. The maximum absolute atomic E-state index is 16.3. The van der Waals surface area contributed by atoms with Crippen LogP contribution in [0.4, 0.5) is 15.8 Å². The second-order valence-electron chi connectivity index (χ2n) is 12.5. The zero-order valence-corrected chi connectivity index (χ0v) is 26.2. The van der Waals surface area contributed by atoms with Crippen molar-refractivity contribution in [1.29, 1.82) is 0 Å². The number of halogens is 1. The van der Waals surface area contributed by atoms with E-state index in [4.69, 9.17) is 4.74 Å². The van der Waals surface area contributed by atoms with E-state index in [1.165, 1.54) is 23.1 Å². The first-order valence-corrected chi connectivity index (χ1v) is 16.5. The first kappa shape index (κ1) is 30.4. The largest absolute Gasteiger partial charge is 0.506 e. The standard InChI is InChI=1S/C36H35FN2O5S/c1-23-12-14-24(15-13-23)18-32(41)39-30-10-7-11-31(40)33(30)38-29-20-36(2,3)22-45(42,43)35(29)34(39)27-17-16-26(19-28(27)37)44-21-25-8-5-4-6-9-25/h4-17,19,34,38,40H,18,20-22H2,1-3H3. The van der Waals surface area contributed by atoms with Crippen LogP contribution < -0.4 is 15.0 Å². The zero-order valence-electron chi connectivity index (χ0n) is 25.4. The fourth-order valence-electron chi connectivity index (χ4n) is 6.19. The minimum Gasteiger partial charge on any atom is -0.506 e. The number of aryl methyl sites for hydroxylation is 1. The highest BCUT2D eigenvalue weighted by molar-refractivity contribution is 7.95. The van der Waals surface area contributed by atoms with Gasteiger partial charge < -0.3 is 15.2 Å². The zero-order chi connectivity index (χ0) is 31.9. The van der Waals surface area contributed by atoms with E-state index in [0.29, 0.717) is 12.1 Å². The Morgan fingerprint density at radius 2 is 1.73 bits per heavy atom. The number of carbonyl (C=O) groups excluding carboxylic acids is 1. The molecule has 1 amide bonds. The molecule has 0 fully saturated rings. The van der Waals surface area contributed by atoms with E-state index in [9.17, 15) is 18.3 Å². The number of anilines is 2. The summed E-state index contributed by atoms with van der Waals surface area (Å²) in [5.41, 5.74) is 2.79. The number of hydrogen-bond donors (Lipinski definition) is 2. The topological polar surface area (TPSA) is 95.9 Å². The first-order valence-electron chi connectivity index (χ1n) is 14.8. The van der Waals surface area contributed by atoms with Gasteiger partial charge in [0.2, 0.25) is 5.91 Å². The Hall–Kier alpha value is -4.63. The Balaban J connectivity index is 1.52. The molecule has 4 aromatic rings. The summed E-state index contributed by atoms with van der Waals surface area (Å²) in [5, 5.41) is 14.2.